The quantitative estimate of drug-likeness (QED) is 0.330. The summed E-state index contributed by atoms with van der Waals surface area (Å²) in [6, 6.07) is 13.3. The molecular formula is C29H37ClN4O3S. The van der Waals surface area contributed by atoms with Gasteiger partial charge in [-0.1, -0.05) is 23.7 Å². The molecule has 0 spiro atoms. The first-order valence-corrected chi connectivity index (χ1v) is 15.1. The van der Waals surface area contributed by atoms with Gasteiger partial charge in [-0.05, 0) is 101 Å². The van der Waals surface area contributed by atoms with Crippen LogP contribution >= 0.6 is 11.6 Å². The van der Waals surface area contributed by atoms with Crippen LogP contribution in [0.4, 0.5) is 11.6 Å². The Hall–Kier alpha value is -2.68. The summed E-state index contributed by atoms with van der Waals surface area (Å²) in [5, 5.41) is 3.72. The highest BCUT2D eigenvalue weighted by Crippen LogP contribution is 2.27. The number of likely N-dealkylation sites (tertiary alicyclic amines) is 1. The molecule has 38 heavy (non-hydrogen) atoms. The molecular weight excluding hydrogens is 520 g/mol. The van der Waals surface area contributed by atoms with Crippen LogP contribution in [-0.4, -0.2) is 54.3 Å². The number of hydrogen-bond donors (Lipinski definition) is 1. The van der Waals surface area contributed by atoms with E-state index in [1.165, 1.54) is 25.9 Å². The Labute approximate surface area is 231 Å². The van der Waals surface area contributed by atoms with Crippen LogP contribution in [0.2, 0.25) is 5.02 Å². The smallest absolute Gasteiger partial charge is 0.227 e. The number of aryl methyl sites for hydroxylation is 1. The topological polar surface area (TPSA) is 84.4 Å². The lowest BCUT2D eigenvalue weighted by Gasteiger charge is -2.20. The van der Waals surface area contributed by atoms with E-state index in [0.717, 1.165) is 34.8 Å². The number of benzene rings is 2. The minimum Gasteiger partial charge on any atom is -0.492 e. The van der Waals surface area contributed by atoms with E-state index >= 15 is 0 Å². The number of anilines is 2. The maximum atomic E-state index is 12.7. The van der Waals surface area contributed by atoms with Gasteiger partial charge in [0.15, 0.2) is 9.84 Å². The summed E-state index contributed by atoms with van der Waals surface area (Å²) in [5.74, 6) is 1.24. The first kappa shape index (κ1) is 28.3. The van der Waals surface area contributed by atoms with Crippen LogP contribution in [0.5, 0.6) is 5.75 Å². The zero-order chi connectivity index (χ0) is 27.3. The molecule has 4 rings (SSSR count). The number of halogens is 1. The lowest BCUT2D eigenvalue weighted by molar-refractivity contribution is 0.238. The molecule has 0 atom stereocenters. The summed E-state index contributed by atoms with van der Waals surface area (Å²) in [4.78, 5) is 11.6. The molecule has 2 aromatic carbocycles. The Morgan fingerprint density at radius 2 is 1.79 bits per heavy atom. The van der Waals surface area contributed by atoms with Crippen LogP contribution in [-0.2, 0) is 22.0 Å². The van der Waals surface area contributed by atoms with Gasteiger partial charge in [-0.25, -0.2) is 18.4 Å². The monoisotopic (exact) mass is 556 g/mol. The van der Waals surface area contributed by atoms with Gasteiger partial charge in [-0.3, -0.25) is 4.90 Å². The van der Waals surface area contributed by atoms with Crippen LogP contribution in [0.1, 0.15) is 56.0 Å². The van der Waals surface area contributed by atoms with Crippen molar-refractivity contribution in [1.82, 2.24) is 14.9 Å². The molecule has 3 aromatic rings. The van der Waals surface area contributed by atoms with E-state index in [4.69, 9.17) is 21.3 Å². The van der Waals surface area contributed by atoms with Crippen molar-refractivity contribution in [3.8, 4) is 5.75 Å². The third-order valence-corrected chi connectivity index (χ3v) is 9.75. The third kappa shape index (κ3) is 7.46. The molecule has 0 saturated carbocycles. The lowest BCUT2D eigenvalue weighted by atomic mass is 10.0. The van der Waals surface area contributed by atoms with Crippen molar-refractivity contribution in [2.45, 2.75) is 57.5 Å². The molecule has 9 heteroatoms. The fraction of sp³-hybridized carbons (Fsp3) is 0.448. The van der Waals surface area contributed by atoms with E-state index in [1.807, 2.05) is 43.3 Å². The van der Waals surface area contributed by atoms with Crippen LogP contribution in [0, 0.1) is 6.92 Å². The fourth-order valence-electron chi connectivity index (χ4n) is 4.24. The molecule has 0 unspecified atom stereocenters. The highest BCUT2D eigenvalue weighted by molar-refractivity contribution is 7.91. The second-order valence-corrected chi connectivity index (χ2v) is 14.0. The molecule has 0 aliphatic carbocycles. The molecule has 1 saturated heterocycles. The number of sulfone groups is 1. The molecule has 1 aliphatic heterocycles. The highest BCUT2D eigenvalue weighted by Gasteiger charge is 2.29. The summed E-state index contributed by atoms with van der Waals surface area (Å²) in [5.41, 5.74) is 4.23. The van der Waals surface area contributed by atoms with Crippen molar-refractivity contribution < 1.29 is 13.2 Å². The largest absolute Gasteiger partial charge is 0.492 e. The number of ether oxygens (including phenoxy) is 1. The van der Waals surface area contributed by atoms with Crippen molar-refractivity contribution in [2.24, 2.45) is 0 Å². The van der Waals surface area contributed by atoms with E-state index in [1.54, 1.807) is 33.0 Å². The number of nitrogens with zero attached hydrogens (tertiary/aromatic N) is 3. The van der Waals surface area contributed by atoms with Gasteiger partial charge in [0.1, 0.15) is 12.4 Å². The average molecular weight is 557 g/mol. The SMILES string of the molecule is Cc1cnc(Nc2ccc(OCCN3CCCC3)cc2)nc1Cc1ccc(Cl)c(CS(=O)(=O)C(C)(C)C)c1. The van der Waals surface area contributed by atoms with Gasteiger partial charge in [0.05, 0.1) is 16.2 Å². The Morgan fingerprint density at radius 1 is 1.08 bits per heavy atom. The van der Waals surface area contributed by atoms with Crippen molar-refractivity contribution in [3.05, 3.63) is 76.1 Å². The van der Waals surface area contributed by atoms with Gasteiger partial charge in [-0.15, -0.1) is 0 Å². The molecule has 1 N–H and O–H groups in total. The maximum absolute atomic E-state index is 12.7. The zero-order valence-corrected chi connectivity index (χ0v) is 24.2. The Morgan fingerprint density at radius 3 is 2.47 bits per heavy atom. The normalized spacial score (nSPS) is 14.6. The second kappa shape index (κ2) is 12.0. The van der Waals surface area contributed by atoms with Crippen LogP contribution in [0.15, 0.2) is 48.7 Å². The van der Waals surface area contributed by atoms with E-state index in [0.29, 0.717) is 29.6 Å². The number of aromatic nitrogens is 2. The van der Waals surface area contributed by atoms with Crippen molar-refractivity contribution in [2.75, 3.05) is 31.6 Å². The maximum Gasteiger partial charge on any atom is 0.227 e. The van der Waals surface area contributed by atoms with Gasteiger partial charge in [0, 0.05) is 29.9 Å². The number of nitrogens with one attached hydrogen (secondary N) is 1. The van der Waals surface area contributed by atoms with E-state index in [-0.39, 0.29) is 5.75 Å². The molecule has 2 heterocycles. The summed E-state index contributed by atoms with van der Waals surface area (Å²) in [6.07, 6.45) is 4.89. The van der Waals surface area contributed by atoms with Gasteiger partial charge in [0.25, 0.3) is 0 Å². The van der Waals surface area contributed by atoms with Gasteiger partial charge >= 0.3 is 0 Å². The summed E-state index contributed by atoms with van der Waals surface area (Å²) in [6.45, 7) is 11.1. The molecule has 0 bridgehead atoms. The minimum absolute atomic E-state index is 0.100. The first-order valence-electron chi connectivity index (χ1n) is 13.0. The molecule has 204 valence electrons. The van der Waals surface area contributed by atoms with Crippen LogP contribution in [0.3, 0.4) is 0 Å². The summed E-state index contributed by atoms with van der Waals surface area (Å²) in [7, 11) is -3.36. The van der Waals surface area contributed by atoms with Crippen LogP contribution in [0.25, 0.3) is 0 Å². The predicted molar refractivity (Wildman–Crippen MR) is 154 cm³/mol. The first-order chi connectivity index (χ1) is 18.0. The Balaban J connectivity index is 1.40. The summed E-state index contributed by atoms with van der Waals surface area (Å²) < 4.78 is 30.5. The fourth-order valence-corrected chi connectivity index (χ4v) is 5.59. The van der Waals surface area contributed by atoms with Gasteiger partial charge < -0.3 is 10.1 Å². The zero-order valence-electron chi connectivity index (χ0n) is 22.6. The van der Waals surface area contributed by atoms with Crippen LogP contribution < -0.4 is 10.1 Å². The average Bonchev–Trinajstić information content (AvgIpc) is 3.37. The van der Waals surface area contributed by atoms with Crippen molar-refractivity contribution >= 4 is 33.1 Å². The molecule has 7 nitrogen and oxygen atoms in total. The van der Waals surface area contributed by atoms with Crippen molar-refractivity contribution in [3.63, 3.8) is 0 Å². The molecule has 1 fully saturated rings. The second-order valence-electron chi connectivity index (χ2n) is 10.8. The standard InChI is InChI=1S/C29H37ClN4O3S/c1-21-19-31-28(32-24-8-10-25(11-9-24)37-16-15-34-13-5-6-14-34)33-27(21)18-22-7-12-26(30)23(17-22)20-38(35,36)29(2,3)4/h7-12,17,19H,5-6,13-16,18,20H2,1-4H3,(H,31,32,33). The van der Waals surface area contributed by atoms with E-state index < -0.39 is 14.6 Å². The molecule has 0 amide bonds. The Bertz CT molecular complexity index is 1350. The number of hydrogen-bond acceptors (Lipinski definition) is 7. The Kier molecular flexibility index (Phi) is 8.96. The lowest BCUT2D eigenvalue weighted by Crippen LogP contribution is -2.29. The molecule has 0 radical (unpaired) electrons. The highest BCUT2D eigenvalue weighted by atomic mass is 35.5. The predicted octanol–water partition coefficient (Wildman–Crippen LogP) is 5.96. The van der Waals surface area contributed by atoms with Crippen molar-refractivity contribution in [1.29, 1.82) is 0 Å². The van der Waals surface area contributed by atoms with E-state index in [2.05, 4.69) is 15.2 Å². The molecule has 1 aliphatic rings. The summed E-state index contributed by atoms with van der Waals surface area (Å²) >= 11 is 6.36. The minimum atomic E-state index is -3.36. The van der Waals surface area contributed by atoms with E-state index in [9.17, 15) is 8.42 Å². The van der Waals surface area contributed by atoms with Gasteiger partial charge in [0.2, 0.25) is 5.95 Å². The molecule has 1 aromatic heterocycles. The van der Waals surface area contributed by atoms with Gasteiger partial charge in [-0.2, -0.15) is 0 Å². The number of rotatable bonds is 10. The third-order valence-electron chi connectivity index (χ3n) is 6.82.